The van der Waals surface area contributed by atoms with Crippen molar-refractivity contribution in [3.05, 3.63) is 46.9 Å². The quantitative estimate of drug-likeness (QED) is 0.460. The van der Waals surface area contributed by atoms with Crippen LogP contribution < -0.4 is 9.62 Å². The summed E-state index contributed by atoms with van der Waals surface area (Å²) in [4.78, 5) is 6.08. The molecule has 0 spiro atoms. The Hall–Kier alpha value is -2.08. The molecule has 1 aromatic heterocycles. The van der Waals surface area contributed by atoms with Crippen LogP contribution >= 0.6 is 11.6 Å². The van der Waals surface area contributed by atoms with Gasteiger partial charge in [-0.15, -0.1) is 0 Å². The summed E-state index contributed by atoms with van der Waals surface area (Å²) in [6, 6.07) is 4.43. The van der Waals surface area contributed by atoms with Crippen LogP contribution in [0.2, 0.25) is 5.02 Å². The van der Waals surface area contributed by atoms with Crippen molar-refractivity contribution in [1.82, 2.24) is 9.88 Å². The number of nitrogens with one attached hydrogen (secondary N) is 1. The Labute approximate surface area is 201 Å². The first-order chi connectivity index (χ1) is 16.1. The zero-order valence-electron chi connectivity index (χ0n) is 18.8. The van der Waals surface area contributed by atoms with Crippen molar-refractivity contribution in [2.45, 2.75) is 42.2 Å². The van der Waals surface area contributed by atoms with Gasteiger partial charge in [0.2, 0.25) is 5.95 Å². The van der Waals surface area contributed by atoms with Gasteiger partial charge in [-0.25, -0.2) is 22.2 Å². The van der Waals surface area contributed by atoms with E-state index in [0.29, 0.717) is 19.5 Å². The number of anilines is 2. The van der Waals surface area contributed by atoms with Gasteiger partial charge in [-0.1, -0.05) is 24.1 Å². The number of sulfonamides is 1. The standard InChI is InChI=1S/C22H26ClF3N4O3S/c1-29-10-4-3-6-16(29)22(33-2)9-11-30(13-22)15-12-14(24)21(20(26)19(15)23)34(31,32)28-18-8-5-7-17(25)27-18/h5,7-8,12,16H,3-4,6,9-11,13H2,1-2H3,(H,27,28)/t16-,22+/m1/s1. The van der Waals surface area contributed by atoms with Crippen molar-refractivity contribution < 1.29 is 26.3 Å². The fourth-order valence-corrected chi connectivity index (χ4v) is 6.49. The molecule has 0 bridgehead atoms. The number of piperidine rings is 1. The number of likely N-dealkylation sites (tertiary alicyclic amines) is 1. The van der Waals surface area contributed by atoms with E-state index in [1.165, 1.54) is 6.07 Å². The van der Waals surface area contributed by atoms with Crippen LogP contribution in [-0.2, 0) is 14.8 Å². The molecule has 0 radical (unpaired) electrons. The van der Waals surface area contributed by atoms with Gasteiger partial charge in [-0.05, 0) is 45.0 Å². The number of nitrogens with zero attached hydrogens (tertiary/aromatic N) is 3. The SMILES string of the molecule is CO[C@@]1([C@H]2CCCCN2C)CCN(c2cc(F)c(S(=O)(=O)Nc3cccc(F)n3)c(F)c2Cl)C1. The first kappa shape index (κ1) is 25.0. The minimum absolute atomic E-state index is 0.0527. The average Bonchev–Trinajstić information content (AvgIpc) is 3.21. The topological polar surface area (TPSA) is 74.8 Å². The number of hydrogen-bond donors (Lipinski definition) is 1. The van der Waals surface area contributed by atoms with Crippen LogP contribution in [0.5, 0.6) is 0 Å². The smallest absolute Gasteiger partial charge is 0.268 e. The van der Waals surface area contributed by atoms with Crippen molar-refractivity contribution in [3.8, 4) is 0 Å². The van der Waals surface area contributed by atoms with Crippen LogP contribution in [0, 0.1) is 17.6 Å². The zero-order chi connectivity index (χ0) is 24.7. The third-order valence-corrected chi connectivity index (χ3v) is 8.46. The Kier molecular flexibility index (Phi) is 7.01. The number of hydrogen-bond acceptors (Lipinski definition) is 6. The van der Waals surface area contributed by atoms with Crippen molar-refractivity contribution in [2.24, 2.45) is 0 Å². The van der Waals surface area contributed by atoms with Gasteiger partial charge < -0.3 is 14.5 Å². The number of aromatic nitrogens is 1. The van der Waals surface area contributed by atoms with Gasteiger partial charge in [0, 0.05) is 32.3 Å². The summed E-state index contributed by atoms with van der Waals surface area (Å²) in [5.74, 6) is -4.11. The highest BCUT2D eigenvalue weighted by Gasteiger charge is 2.48. The second-order valence-corrected chi connectivity index (χ2v) is 10.7. The van der Waals surface area contributed by atoms with Crippen molar-refractivity contribution in [1.29, 1.82) is 0 Å². The fraction of sp³-hybridized carbons (Fsp3) is 0.500. The van der Waals surface area contributed by atoms with E-state index < -0.39 is 48.9 Å². The molecular weight excluding hydrogens is 493 g/mol. The van der Waals surface area contributed by atoms with Crippen LogP contribution in [0.25, 0.3) is 0 Å². The normalized spacial score (nSPS) is 23.9. The van der Waals surface area contributed by atoms with E-state index in [0.717, 1.165) is 44.0 Å². The fourth-order valence-electron chi connectivity index (χ4n) is 5.02. The molecule has 2 aliphatic rings. The molecule has 1 aromatic carbocycles. The van der Waals surface area contributed by atoms with Crippen LogP contribution in [0.15, 0.2) is 29.2 Å². The van der Waals surface area contributed by atoms with Gasteiger partial charge in [0.1, 0.15) is 22.3 Å². The number of benzene rings is 1. The maximum atomic E-state index is 15.2. The Morgan fingerprint density at radius 3 is 2.68 bits per heavy atom. The first-order valence-corrected chi connectivity index (χ1v) is 12.8. The molecule has 3 heterocycles. The van der Waals surface area contributed by atoms with Gasteiger partial charge in [0.15, 0.2) is 10.7 Å². The summed E-state index contributed by atoms with van der Waals surface area (Å²) in [5, 5.41) is -0.516. The number of halogens is 4. The lowest BCUT2D eigenvalue weighted by Crippen LogP contribution is -2.56. The zero-order valence-corrected chi connectivity index (χ0v) is 20.4. The van der Waals surface area contributed by atoms with Crippen molar-refractivity contribution >= 4 is 33.1 Å². The van der Waals surface area contributed by atoms with Crippen LogP contribution in [0.4, 0.5) is 24.7 Å². The first-order valence-electron chi connectivity index (χ1n) is 10.9. The molecule has 2 aliphatic heterocycles. The maximum Gasteiger partial charge on any atom is 0.268 e. The van der Waals surface area contributed by atoms with E-state index in [2.05, 4.69) is 9.88 Å². The molecule has 7 nitrogen and oxygen atoms in total. The van der Waals surface area contributed by atoms with Crippen LogP contribution in [0.1, 0.15) is 25.7 Å². The van der Waals surface area contributed by atoms with Gasteiger partial charge in [0.25, 0.3) is 10.0 Å². The lowest BCUT2D eigenvalue weighted by Gasteiger charge is -2.44. The molecule has 2 aromatic rings. The molecule has 0 saturated carbocycles. The van der Waals surface area contributed by atoms with Crippen LogP contribution in [-0.4, -0.2) is 63.7 Å². The summed E-state index contributed by atoms with van der Waals surface area (Å²) in [7, 11) is -1.09. The second-order valence-electron chi connectivity index (χ2n) is 8.72. The number of likely N-dealkylation sites (N-methyl/N-ethyl adjacent to an activating group) is 1. The van der Waals surface area contributed by atoms with E-state index in [-0.39, 0.29) is 11.7 Å². The Balaban J connectivity index is 1.64. The van der Waals surface area contributed by atoms with E-state index in [1.54, 1.807) is 12.0 Å². The summed E-state index contributed by atoms with van der Waals surface area (Å²) < 4.78 is 76.7. The second kappa shape index (κ2) is 9.52. The molecule has 34 heavy (non-hydrogen) atoms. The number of pyridine rings is 1. The Bertz CT molecular complexity index is 1190. The van der Waals surface area contributed by atoms with E-state index in [1.807, 2.05) is 11.8 Å². The molecular formula is C22H26ClF3N4O3S. The highest BCUT2D eigenvalue weighted by Crippen LogP contribution is 2.41. The van der Waals surface area contributed by atoms with Gasteiger partial charge in [-0.2, -0.15) is 4.39 Å². The molecule has 1 N–H and O–H groups in total. The average molecular weight is 519 g/mol. The molecule has 0 unspecified atom stereocenters. The molecule has 0 aliphatic carbocycles. The monoisotopic (exact) mass is 518 g/mol. The van der Waals surface area contributed by atoms with Gasteiger partial charge >= 0.3 is 0 Å². The highest BCUT2D eigenvalue weighted by molar-refractivity contribution is 7.92. The maximum absolute atomic E-state index is 15.2. The van der Waals surface area contributed by atoms with Crippen LogP contribution in [0.3, 0.4) is 0 Å². The number of rotatable bonds is 6. The lowest BCUT2D eigenvalue weighted by molar-refractivity contribution is -0.0689. The van der Waals surface area contributed by atoms with Gasteiger partial charge in [-0.3, -0.25) is 4.72 Å². The largest absolute Gasteiger partial charge is 0.375 e. The number of methoxy groups -OCH3 is 1. The Morgan fingerprint density at radius 2 is 2.00 bits per heavy atom. The van der Waals surface area contributed by atoms with Crippen molar-refractivity contribution in [3.63, 3.8) is 0 Å². The predicted octanol–water partition coefficient (Wildman–Crippen LogP) is 4.03. The summed E-state index contributed by atoms with van der Waals surface area (Å²) in [6.07, 6.45) is 3.76. The molecule has 2 saturated heterocycles. The summed E-state index contributed by atoms with van der Waals surface area (Å²) in [6.45, 7) is 1.74. The molecule has 2 fully saturated rings. The van der Waals surface area contributed by atoms with E-state index in [9.17, 15) is 12.8 Å². The summed E-state index contributed by atoms with van der Waals surface area (Å²) >= 11 is 6.23. The third-order valence-electron chi connectivity index (χ3n) is 6.71. The van der Waals surface area contributed by atoms with E-state index in [4.69, 9.17) is 16.3 Å². The Morgan fingerprint density at radius 1 is 1.24 bits per heavy atom. The lowest BCUT2D eigenvalue weighted by atomic mass is 9.85. The third kappa shape index (κ3) is 4.58. The van der Waals surface area contributed by atoms with E-state index >= 15 is 8.78 Å². The summed E-state index contributed by atoms with van der Waals surface area (Å²) in [5.41, 5.74) is -0.488. The van der Waals surface area contributed by atoms with Crippen molar-refractivity contribution in [2.75, 3.05) is 43.4 Å². The predicted molar refractivity (Wildman–Crippen MR) is 123 cm³/mol. The molecule has 0 amide bonds. The molecule has 4 rings (SSSR count). The minimum atomic E-state index is -4.77. The number of ether oxygens (including phenoxy) is 1. The molecule has 2 atom stereocenters. The minimum Gasteiger partial charge on any atom is -0.375 e. The highest BCUT2D eigenvalue weighted by atomic mass is 35.5. The van der Waals surface area contributed by atoms with Gasteiger partial charge in [0.05, 0.1) is 5.69 Å². The molecule has 12 heteroatoms. The molecule has 186 valence electrons.